The van der Waals surface area contributed by atoms with Crippen molar-refractivity contribution < 1.29 is 4.42 Å². The standard InChI is InChI=1S/C50H34N2O/c1-31-12-2-3-13-32(22-21-31)45-29-34(30-46(52-45)44-20-10-11-27-51-44)33-23-26-47-40(28-33)39-25-24-38-37-16-6-9-19-43(37)50(48(38)49(39)53-47)41-17-7-4-14-35(41)36-15-5-8-18-42(36)50/h2-20,23-30H,21-22H2,1H3. The number of rotatable bonds is 3. The number of hydrogen-bond acceptors (Lipinski definition) is 3. The summed E-state index contributed by atoms with van der Waals surface area (Å²) in [6.45, 7) is 2.20. The van der Waals surface area contributed by atoms with Crippen LogP contribution < -0.4 is 0 Å². The zero-order valence-corrected chi connectivity index (χ0v) is 29.3. The smallest absolute Gasteiger partial charge is 0.140 e. The van der Waals surface area contributed by atoms with Crippen LogP contribution in [0.3, 0.4) is 0 Å². The van der Waals surface area contributed by atoms with Gasteiger partial charge in [0.15, 0.2) is 0 Å². The summed E-state index contributed by atoms with van der Waals surface area (Å²) in [7, 11) is 0. The van der Waals surface area contributed by atoms with E-state index in [1.807, 2.05) is 24.4 Å². The van der Waals surface area contributed by atoms with Gasteiger partial charge in [0.05, 0.1) is 22.5 Å². The minimum atomic E-state index is -0.472. The SMILES string of the molecule is CC1=CC=CC=C(c2cc(-c3ccc4oc5c6c(ccc5c4c3)-c3ccccc3C63c4ccccc4-c4ccccc43)cc(-c3ccccn3)n2)CC1. The fourth-order valence-corrected chi connectivity index (χ4v) is 9.20. The van der Waals surface area contributed by atoms with Crippen molar-refractivity contribution in [3.05, 3.63) is 197 Å². The first kappa shape index (κ1) is 30.1. The molecule has 3 aromatic heterocycles. The number of nitrogens with zero attached hydrogens (tertiary/aromatic N) is 2. The number of fused-ring (bicyclic) bond motifs is 14. The van der Waals surface area contributed by atoms with Crippen molar-refractivity contribution in [3.63, 3.8) is 0 Å². The first-order valence-corrected chi connectivity index (χ1v) is 18.4. The highest BCUT2D eigenvalue weighted by molar-refractivity contribution is 6.12. The van der Waals surface area contributed by atoms with Gasteiger partial charge in [-0.15, -0.1) is 0 Å². The van der Waals surface area contributed by atoms with E-state index in [4.69, 9.17) is 14.4 Å². The van der Waals surface area contributed by atoms with Crippen LogP contribution in [-0.2, 0) is 5.41 Å². The Bertz CT molecular complexity index is 2840. The molecule has 8 aromatic rings. The van der Waals surface area contributed by atoms with Crippen LogP contribution in [0.5, 0.6) is 0 Å². The summed E-state index contributed by atoms with van der Waals surface area (Å²) in [5.41, 5.74) is 19.2. The molecule has 0 N–H and O–H groups in total. The normalized spacial score (nSPS) is 15.0. The maximum absolute atomic E-state index is 7.04. The van der Waals surface area contributed by atoms with Gasteiger partial charge >= 0.3 is 0 Å². The number of pyridine rings is 2. The van der Waals surface area contributed by atoms with Crippen LogP contribution in [0.1, 0.15) is 47.7 Å². The predicted octanol–water partition coefficient (Wildman–Crippen LogP) is 12.7. The van der Waals surface area contributed by atoms with Gasteiger partial charge < -0.3 is 4.42 Å². The van der Waals surface area contributed by atoms with Crippen molar-refractivity contribution >= 4 is 27.5 Å². The topological polar surface area (TPSA) is 38.9 Å². The van der Waals surface area contributed by atoms with E-state index in [0.29, 0.717) is 0 Å². The van der Waals surface area contributed by atoms with Crippen LogP contribution in [0.2, 0.25) is 0 Å². The number of allylic oxidation sites excluding steroid dienone is 6. The maximum Gasteiger partial charge on any atom is 0.140 e. The minimum Gasteiger partial charge on any atom is -0.456 e. The van der Waals surface area contributed by atoms with Gasteiger partial charge in [-0.2, -0.15) is 0 Å². The van der Waals surface area contributed by atoms with E-state index in [-0.39, 0.29) is 0 Å². The molecule has 0 aliphatic heterocycles. The Morgan fingerprint density at radius 2 is 1.23 bits per heavy atom. The monoisotopic (exact) mass is 678 g/mol. The lowest BCUT2D eigenvalue weighted by Gasteiger charge is -2.30. The van der Waals surface area contributed by atoms with Gasteiger partial charge in [-0.3, -0.25) is 4.98 Å². The molecule has 0 radical (unpaired) electrons. The lowest BCUT2D eigenvalue weighted by molar-refractivity contribution is 0.652. The van der Waals surface area contributed by atoms with Crippen LogP contribution >= 0.6 is 0 Å². The van der Waals surface area contributed by atoms with Crippen molar-refractivity contribution in [2.24, 2.45) is 0 Å². The van der Waals surface area contributed by atoms with E-state index in [2.05, 4.69) is 146 Å². The molecule has 0 amide bonds. The molecular formula is C50H34N2O. The second kappa shape index (κ2) is 11.5. The molecule has 0 bridgehead atoms. The second-order valence-electron chi connectivity index (χ2n) is 14.5. The summed E-state index contributed by atoms with van der Waals surface area (Å²) in [4.78, 5) is 9.88. The van der Waals surface area contributed by atoms with Crippen molar-refractivity contribution in [2.45, 2.75) is 25.2 Å². The van der Waals surface area contributed by atoms with Gasteiger partial charge in [0, 0.05) is 22.5 Å². The summed E-state index contributed by atoms with van der Waals surface area (Å²) >= 11 is 0. The quantitative estimate of drug-likeness (QED) is 0.187. The van der Waals surface area contributed by atoms with Gasteiger partial charge in [-0.25, -0.2) is 4.98 Å². The zero-order valence-electron chi connectivity index (χ0n) is 29.3. The Hall–Kier alpha value is -6.58. The molecule has 3 aliphatic carbocycles. The van der Waals surface area contributed by atoms with Crippen molar-refractivity contribution in [2.75, 3.05) is 0 Å². The Kier molecular flexibility index (Phi) is 6.51. The molecule has 0 unspecified atom stereocenters. The fraction of sp³-hybridized carbons (Fsp3) is 0.0800. The van der Waals surface area contributed by atoms with Crippen molar-refractivity contribution in [1.82, 2.24) is 9.97 Å². The average Bonchev–Trinajstić information content (AvgIpc) is 3.83. The third-order valence-electron chi connectivity index (χ3n) is 11.6. The molecule has 11 rings (SSSR count). The first-order valence-electron chi connectivity index (χ1n) is 18.4. The van der Waals surface area contributed by atoms with Gasteiger partial charge in [0.25, 0.3) is 0 Å². The molecule has 3 aliphatic rings. The molecular weight excluding hydrogens is 645 g/mol. The summed E-state index contributed by atoms with van der Waals surface area (Å²) in [5, 5.41) is 2.24. The van der Waals surface area contributed by atoms with Crippen LogP contribution in [0, 0.1) is 0 Å². The highest BCUT2D eigenvalue weighted by atomic mass is 16.3. The number of furan rings is 1. The van der Waals surface area contributed by atoms with Gasteiger partial charge in [-0.1, -0.05) is 121 Å². The van der Waals surface area contributed by atoms with Gasteiger partial charge in [0.2, 0.25) is 0 Å². The van der Waals surface area contributed by atoms with Crippen LogP contribution in [0.25, 0.3) is 72.3 Å². The summed E-state index contributed by atoms with van der Waals surface area (Å²) in [5.74, 6) is 0. The highest BCUT2D eigenvalue weighted by Crippen LogP contribution is 2.64. The molecule has 3 heterocycles. The van der Waals surface area contributed by atoms with E-state index in [0.717, 1.165) is 63.0 Å². The van der Waals surface area contributed by atoms with E-state index in [9.17, 15) is 0 Å². The molecule has 53 heavy (non-hydrogen) atoms. The fourth-order valence-electron chi connectivity index (χ4n) is 9.20. The highest BCUT2D eigenvalue weighted by Gasteiger charge is 2.53. The lowest BCUT2D eigenvalue weighted by Crippen LogP contribution is -2.26. The molecule has 0 atom stereocenters. The summed E-state index contributed by atoms with van der Waals surface area (Å²) < 4.78 is 7.04. The summed E-state index contributed by atoms with van der Waals surface area (Å²) in [6, 6.07) is 48.5. The van der Waals surface area contributed by atoms with Crippen LogP contribution in [0.4, 0.5) is 0 Å². The molecule has 0 saturated heterocycles. The van der Waals surface area contributed by atoms with E-state index in [1.54, 1.807) is 0 Å². The average molecular weight is 679 g/mol. The second-order valence-corrected chi connectivity index (χ2v) is 14.5. The molecule has 1 spiro atoms. The number of benzene rings is 5. The van der Waals surface area contributed by atoms with Crippen LogP contribution in [-0.4, -0.2) is 9.97 Å². The maximum atomic E-state index is 7.04. The van der Waals surface area contributed by atoms with Crippen molar-refractivity contribution in [3.8, 4) is 44.8 Å². The number of hydrogen-bond donors (Lipinski definition) is 0. The van der Waals surface area contributed by atoms with Gasteiger partial charge in [-0.05, 0) is 118 Å². The molecule has 250 valence electrons. The van der Waals surface area contributed by atoms with E-state index < -0.39 is 5.41 Å². The van der Waals surface area contributed by atoms with Crippen LogP contribution in [0.15, 0.2) is 174 Å². The number of aromatic nitrogens is 2. The largest absolute Gasteiger partial charge is 0.456 e. The Labute approximate surface area is 308 Å². The third-order valence-corrected chi connectivity index (χ3v) is 11.6. The Morgan fingerprint density at radius 1 is 0.547 bits per heavy atom. The Balaban J connectivity index is 1.14. The third kappa shape index (κ3) is 4.34. The molecule has 5 aromatic carbocycles. The van der Waals surface area contributed by atoms with E-state index >= 15 is 0 Å². The summed E-state index contributed by atoms with van der Waals surface area (Å²) in [6.07, 6.45) is 12.4. The first-order chi connectivity index (χ1) is 26.2. The molecule has 3 heteroatoms. The Morgan fingerprint density at radius 3 is 1.96 bits per heavy atom. The molecule has 0 saturated carbocycles. The lowest BCUT2D eigenvalue weighted by atomic mass is 9.70. The predicted molar refractivity (Wildman–Crippen MR) is 217 cm³/mol. The molecule has 0 fully saturated rings. The van der Waals surface area contributed by atoms with Gasteiger partial charge in [0.1, 0.15) is 11.2 Å². The zero-order chi connectivity index (χ0) is 35.1. The van der Waals surface area contributed by atoms with Crippen molar-refractivity contribution in [1.29, 1.82) is 0 Å². The minimum absolute atomic E-state index is 0.472. The van der Waals surface area contributed by atoms with E-state index in [1.165, 1.54) is 55.7 Å². The molecule has 3 nitrogen and oxygen atoms in total.